The maximum absolute atomic E-state index is 13.0. The molecule has 200 valence electrons. The lowest BCUT2D eigenvalue weighted by atomic mass is 10.1. The second-order valence-corrected chi connectivity index (χ2v) is 10.1. The van der Waals surface area contributed by atoms with Gasteiger partial charge in [0.2, 0.25) is 0 Å². The zero-order valence-electron chi connectivity index (χ0n) is 21.5. The largest absolute Gasteiger partial charge is 0.494 e. The van der Waals surface area contributed by atoms with E-state index < -0.39 is 0 Å². The molecule has 38 heavy (non-hydrogen) atoms. The maximum atomic E-state index is 13.0. The average Bonchev–Trinajstić information content (AvgIpc) is 2.93. The molecule has 4 rings (SSSR count). The fourth-order valence-electron chi connectivity index (χ4n) is 4.21. The number of anilines is 2. The van der Waals surface area contributed by atoms with Gasteiger partial charge in [-0.1, -0.05) is 18.5 Å². The van der Waals surface area contributed by atoms with Crippen molar-refractivity contribution in [2.45, 2.75) is 20.3 Å². The molecular formula is C29H31BrClN3O4. The molecule has 1 heterocycles. The van der Waals surface area contributed by atoms with Crippen LogP contribution in [0.2, 0.25) is 5.02 Å². The number of hydrogen-bond donors (Lipinski definition) is 1. The number of halogens is 2. The van der Waals surface area contributed by atoms with E-state index in [9.17, 15) is 9.59 Å². The van der Waals surface area contributed by atoms with Gasteiger partial charge in [-0.3, -0.25) is 9.59 Å². The number of piperazine rings is 1. The quantitative estimate of drug-likeness (QED) is 0.303. The Morgan fingerprint density at radius 2 is 1.63 bits per heavy atom. The first-order valence-corrected chi connectivity index (χ1v) is 13.9. The van der Waals surface area contributed by atoms with E-state index in [1.165, 1.54) is 0 Å². The fraction of sp³-hybridized carbons (Fsp3) is 0.310. The molecule has 9 heteroatoms. The Morgan fingerprint density at radius 3 is 2.26 bits per heavy atom. The summed E-state index contributed by atoms with van der Waals surface area (Å²) in [4.78, 5) is 29.7. The molecule has 0 aromatic heterocycles. The van der Waals surface area contributed by atoms with Crippen molar-refractivity contribution in [3.8, 4) is 11.5 Å². The smallest absolute Gasteiger partial charge is 0.255 e. The van der Waals surface area contributed by atoms with Gasteiger partial charge in [-0.25, -0.2) is 0 Å². The van der Waals surface area contributed by atoms with Gasteiger partial charge in [-0.15, -0.1) is 0 Å². The number of hydrogen-bond acceptors (Lipinski definition) is 5. The highest BCUT2D eigenvalue weighted by Gasteiger charge is 2.23. The predicted molar refractivity (Wildman–Crippen MR) is 155 cm³/mol. The fourth-order valence-corrected chi connectivity index (χ4v) is 5.00. The topological polar surface area (TPSA) is 71.1 Å². The van der Waals surface area contributed by atoms with Crippen LogP contribution in [0.15, 0.2) is 65.1 Å². The minimum absolute atomic E-state index is 0.0109. The van der Waals surface area contributed by atoms with E-state index in [1.807, 2.05) is 48.2 Å². The van der Waals surface area contributed by atoms with Gasteiger partial charge in [-0.2, -0.15) is 0 Å². The van der Waals surface area contributed by atoms with Crippen molar-refractivity contribution < 1.29 is 19.1 Å². The van der Waals surface area contributed by atoms with Crippen molar-refractivity contribution >= 4 is 50.7 Å². The van der Waals surface area contributed by atoms with Crippen LogP contribution in [0.5, 0.6) is 11.5 Å². The Kier molecular flexibility index (Phi) is 9.53. The molecule has 1 aliphatic rings. The molecule has 0 bridgehead atoms. The lowest BCUT2D eigenvalue weighted by molar-refractivity contribution is 0.0746. The van der Waals surface area contributed by atoms with Gasteiger partial charge in [0.25, 0.3) is 11.8 Å². The van der Waals surface area contributed by atoms with E-state index in [2.05, 4.69) is 33.1 Å². The summed E-state index contributed by atoms with van der Waals surface area (Å²) in [6, 6.07) is 18.0. The highest BCUT2D eigenvalue weighted by Crippen LogP contribution is 2.31. The maximum Gasteiger partial charge on any atom is 0.255 e. The van der Waals surface area contributed by atoms with Crippen LogP contribution in [0.25, 0.3) is 0 Å². The highest BCUT2D eigenvalue weighted by atomic mass is 79.9. The first-order chi connectivity index (χ1) is 18.4. The number of nitrogens with one attached hydrogen (secondary N) is 1. The lowest BCUT2D eigenvalue weighted by Crippen LogP contribution is -2.48. The SMILES string of the molecule is CCCOc1ccc(C(=O)N2CCN(c3ccc(NC(=O)c4ccc(OCC)c(Br)c4)cc3Cl)CC2)cc1. The molecular weight excluding hydrogens is 570 g/mol. The van der Waals surface area contributed by atoms with E-state index in [4.69, 9.17) is 21.1 Å². The third-order valence-corrected chi connectivity index (χ3v) is 7.10. The van der Waals surface area contributed by atoms with Gasteiger partial charge in [0.1, 0.15) is 11.5 Å². The van der Waals surface area contributed by atoms with E-state index in [0.29, 0.717) is 67.0 Å². The summed E-state index contributed by atoms with van der Waals surface area (Å²) in [5, 5.41) is 3.44. The number of carbonyl (C=O) groups is 2. The van der Waals surface area contributed by atoms with Crippen LogP contribution in [-0.2, 0) is 0 Å². The summed E-state index contributed by atoms with van der Waals surface area (Å²) in [5.74, 6) is 1.23. The summed E-state index contributed by atoms with van der Waals surface area (Å²) in [6.45, 7) is 7.67. The van der Waals surface area contributed by atoms with Gasteiger partial charge in [0.15, 0.2) is 0 Å². The predicted octanol–water partition coefficient (Wildman–Crippen LogP) is 6.50. The number of nitrogens with zero attached hydrogens (tertiary/aromatic N) is 2. The monoisotopic (exact) mass is 599 g/mol. The molecule has 1 saturated heterocycles. The zero-order chi connectivity index (χ0) is 27.1. The van der Waals surface area contributed by atoms with Crippen molar-refractivity contribution in [1.29, 1.82) is 0 Å². The average molecular weight is 601 g/mol. The summed E-state index contributed by atoms with van der Waals surface area (Å²) < 4.78 is 11.8. The van der Waals surface area contributed by atoms with E-state index in [0.717, 1.165) is 22.3 Å². The van der Waals surface area contributed by atoms with Crippen molar-refractivity contribution in [1.82, 2.24) is 4.90 Å². The van der Waals surface area contributed by atoms with Crippen LogP contribution in [0.1, 0.15) is 41.0 Å². The Morgan fingerprint density at radius 1 is 0.921 bits per heavy atom. The molecule has 1 N–H and O–H groups in total. The molecule has 0 radical (unpaired) electrons. The first-order valence-electron chi connectivity index (χ1n) is 12.7. The summed E-state index contributed by atoms with van der Waals surface area (Å²) in [5.41, 5.74) is 2.64. The van der Waals surface area contributed by atoms with Crippen LogP contribution in [0, 0.1) is 0 Å². The van der Waals surface area contributed by atoms with Gasteiger partial charge >= 0.3 is 0 Å². The minimum Gasteiger partial charge on any atom is -0.494 e. The van der Waals surface area contributed by atoms with Crippen molar-refractivity contribution in [3.63, 3.8) is 0 Å². The van der Waals surface area contributed by atoms with Gasteiger partial charge in [0.05, 0.1) is 28.4 Å². The Labute approximate surface area is 236 Å². The Hall–Kier alpha value is -3.23. The van der Waals surface area contributed by atoms with Crippen LogP contribution in [-0.4, -0.2) is 56.1 Å². The second kappa shape index (κ2) is 13.0. The molecule has 3 aromatic rings. The third kappa shape index (κ3) is 6.79. The van der Waals surface area contributed by atoms with Crippen molar-refractivity contribution in [3.05, 3.63) is 81.3 Å². The second-order valence-electron chi connectivity index (χ2n) is 8.85. The zero-order valence-corrected chi connectivity index (χ0v) is 23.8. The molecule has 3 aromatic carbocycles. The van der Waals surface area contributed by atoms with Crippen LogP contribution >= 0.6 is 27.5 Å². The van der Waals surface area contributed by atoms with Crippen molar-refractivity contribution in [2.75, 3.05) is 49.6 Å². The molecule has 0 unspecified atom stereocenters. The first kappa shape index (κ1) is 27.8. The molecule has 0 aliphatic carbocycles. The molecule has 1 aliphatic heterocycles. The lowest BCUT2D eigenvalue weighted by Gasteiger charge is -2.36. The summed E-state index contributed by atoms with van der Waals surface area (Å²) in [7, 11) is 0. The van der Waals surface area contributed by atoms with E-state index in [1.54, 1.807) is 24.3 Å². The van der Waals surface area contributed by atoms with Crippen LogP contribution in [0.4, 0.5) is 11.4 Å². The van der Waals surface area contributed by atoms with Gasteiger partial charge < -0.3 is 24.6 Å². The Balaban J connectivity index is 1.33. The molecule has 0 atom stereocenters. The molecule has 1 fully saturated rings. The summed E-state index contributed by atoms with van der Waals surface area (Å²) >= 11 is 10.1. The van der Waals surface area contributed by atoms with Gasteiger partial charge in [-0.05, 0) is 89.9 Å². The van der Waals surface area contributed by atoms with Crippen LogP contribution < -0.4 is 19.7 Å². The van der Waals surface area contributed by atoms with Crippen molar-refractivity contribution in [2.24, 2.45) is 0 Å². The third-order valence-electron chi connectivity index (χ3n) is 6.18. The van der Waals surface area contributed by atoms with E-state index >= 15 is 0 Å². The number of carbonyl (C=O) groups excluding carboxylic acids is 2. The van der Waals surface area contributed by atoms with E-state index in [-0.39, 0.29) is 11.8 Å². The number of benzene rings is 3. The highest BCUT2D eigenvalue weighted by molar-refractivity contribution is 9.10. The molecule has 0 saturated carbocycles. The minimum atomic E-state index is -0.241. The Bertz CT molecular complexity index is 1280. The molecule has 0 spiro atoms. The van der Waals surface area contributed by atoms with Gasteiger partial charge in [0, 0.05) is 43.0 Å². The number of rotatable bonds is 9. The summed E-state index contributed by atoms with van der Waals surface area (Å²) in [6.07, 6.45) is 0.939. The standard InChI is InChI=1S/C29H31BrClN3O4/c1-3-17-38-23-9-5-20(6-10-23)29(36)34-15-13-33(14-16-34)26-11-8-22(19-25(26)31)32-28(35)21-7-12-27(37-4-2)24(30)18-21/h5-12,18-19H,3-4,13-17H2,1-2H3,(H,32,35). The molecule has 2 amide bonds. The normalized spacial score (nSPS) is 13.3. The molecule has 7 nitrogen and oxygen atoms in total. The number of ether oxygens (including phenoxy) is 2. The van der Waals surface area contributed by atoms with Crippen LogP contribution in [0.3, 0.4) is 0 Å². The number of amides is 2.